The minimum atomic E-state index is 0. The number of hydrogen-bond donors (Lipinski definition) is 0. The first-order valence-corrected chi connectivity index (χ1v) is 6.23. The lowest BCUT2D eigenvalue weighted by atomic mass is 10.3. The van der Waals surface area contributed by atoms with Gasteiger partial charge in [-0.05, 0) is 13.8 Å². The molecule has 2 aromatic rings. The van der Waals surface area contributed by atoms with Gasteiger partial charge in [0.2, 0.25) is 0 Å². The molecule has 17 heavy (non-hydrogen) atoms. The summed E-state index contributed by atoms with van der Waals surface area (Å²) in [4.78, 5) is 0. The molecule has 0 amide bonds. The number of halogens is 3. The largest absolute Gasteiger partial charge is 0.254 e. The van der Waals surface area contributed by atoms with E-state index in [-0.39, 0.29) is 24.0 Å². The summed E-state index contributed by atoms with van der Waals surface area (Å²) in [5.74, 6) is 1.23. The van der Waals surface area contributed by atoms with Crippen LogP contribution in [0.25, 0.3) is 11.0 Å². The molecule has 0 radical (unpaired) electrons. The average Bonchev–Trinajstić information content (AvgIpc) is 2.50. The first-order valence-electron chi connectivity index (χ1n) is 5.47. The van der Waals surface area contributed by atoms with E-state index in [2.05, 4.69) is 29.9 Å². The second-order valence-electron chi connectivity index (χ2n) is 3.79. The second kappa shape index (κ2) is 5.76. The topological polar surface area (TPSA) is 8.81 Å². The van der Waals surface area contributed by atoms with Gasteiger partial charge in [-0.15, -0.1) is 24.0 Å². The van der Waals surface area contributed by atoms with Crippen LogP contribution in [0.3, 0.4) is 0 Å². The van der Waals surface area contributed by atoms with E-state index in [1.54, 1.807) is 0 Å². The lowest BCUT2D eigenvalue weighted by Gasteiger charge is -1.95. The Kier molecular flexibility index (Phi) is 5.10. The van der Waals surface area contributed by atoms with Gasteiger partial charge in [-0.25, -0.2) is 9.13 Å². The van der Waals surface area contributed by atoms with Gasteiger partial charge >= 0.3 is 0 Å². The second-order valence-corrected chi connectivity index (χ2v) is 4.61. The van der Waals surface area contributed by atoms with Crippen LogP contribution in [-0.4, -0.2) is 4.57 Å². The van der Waals surface area contributed by atoms with Crippen molar-refractivity contribution in [2.45, 2.75) is 33.9 Å². The van der Waals surface area contributed by atoms with Crippen molar-refractivity contribution in [1.82, 2.24) is 4.57 Å². The normalized spacial score (nSPS) is 10.6. The SMILES string of the molecule is CCn1c(C)[n+](CC)c2cc(Cl)c(Cl)cc21.I. The van der Waals surface area contributed by atoms with Crippen molar-refractivity contribution < 1.29 is 4.57 Å². The zero-order valence-corrected chi connectivity index (χ0v) is 14.0. The van der Waals surface area contributed by atoms with Gasteiger partial charge in [-0.2, -0.15) is 0 Å². The summed E-state index contributed by atoms with van der Waals surface area (Å²) < 4.78 is 4.50. The van der Waals surface area contributed by atoms with Crippen LogP contribution in [0.2, 0.25) is 10.0 Å². The summed E-state index contributed by atoms with van der Waals surface area (Å²) in [5.41, 5.74) is 2.30. The Morgan fingerprint density at radius 2 is 1.76 bits per heavy atom. The van der Waals surface area contributed by atoms with E-state index in [0.717, 1.165) is 24.1 Å². The maximum Gasteiger partial charge on any atom is 0.254 e. The molecule has 1 aromatic heterocycles. The van der Waals surface area contributed by atoms with E-state index in [9.17, 15) is 0 Å². The molecule has 0 saturated heterocycles. The number of benzene rings is 1. The Labute approximate surface area is 129 Å². The standard InChI is InChI=1S/C12H15Cl2N2.HI/c1-4-15-8(3)16(5-2)12-7-10(14)9(13)6-11(12)15;/h6-7H,4-5H2,1-3H3;1H/q+1;. The summed E-state index contributed by atoms with van der Waals surface area (Å²) in [7, 11) is 0. The van der Waals surface area contributed by atoms with Gasteiger partial charge in [-0.1, -0.05) is 23.2 Å². The minimum absolute atomic E-state index is 0. The highest BCUT2D eigenvalue weighted by Crippen LogP contribution is 2.27. The molecule has 0 atom stereocenters. The maximum atomic E-state index is 6.07. The number of hydrogen-bond acceptors (Lipinski definition) is 0. The molecule has 0 unspecified atom stereocenters. The number of aromatic nitrogens is 2. The van der Waals surface area contributed by atoms with Crippen LogP contribution in [0, 0.1) is 6.92 Å². The van der Waals surface area contributed by atoms with Gasteiger partial charge in [0.05, 0.1) is 23.1 Å². The van der Waals surface area contributed by atoms with Crippen molar-refractivity contribution in [1.29, 1.82) is 0 Å². The monoisotopic (exact) mass is 385 g/mol. The summed E-state index contributed by atoms with van der Waals surface area (Å²) in [6.07, 6.45) is 0. The van der Waals surface area contributed by atoms with E-state index in [1.165, 1.54) is 5.82 Å². The van der Waals surface area contributed by atoms with Crippen molar-refractivity contribution in [3.05, 3.63) is 28.0 Å². The number of fused-ring (bicyclic) bond motifs is 1. The van der Waals surface area contributed by atoms with Gasteiger partial charge < -0.3 is 0 Å². The van der Waals surface area contributed by atoms with Crippen molar-refractivity contribution in [2.24, 2.45) is 0 Å². The van der Waals surface area contributed by atoms with Crippen LogP contribution < -0.4 is 4.57 Å². The highest BCUT2D eigenvalue weighted by Gasteiger charge is 2.20. The quantitative estimate of drug-likeness (QED) is 0.541. The smallest absolute Gasteiger partial charge is 0.228 e. The van der Waals surface area contributed by atoms with Crippen molar-refractivity contribution in [2.75, 3.05) is 0 Å². The third-order valence-electron chi connectivity index (χ3n) is 3.01. The molecular weight excluding hydrogens is 370 g/mol. The number of rotatable bonds is 2. The molecule has 94 valence electrons. The number of aryl methyl sites for hydroxylation is 2. The molecule has 0 aliphatic rings. The zero-order chi connectivity index (χ0) is 11.9. The number of imidazole rings is 1. The van der Waals surface area contributed by atoms with Gasteiger partial charge in [0.15, 0.2) is 11.0 Å². The fourth-order valence-corrected chi connectivity index (χ4v) is 2.57. The molecular formula is C12H16Cl2IN2+. The van der Waals surface area contributed by atoms with Crippen LogP contribution >= 0.6 is 47.2 Å². The lowest BCUT2D eigenvalue weighted by molar-refractivity contribution is -0.674. The fraction of sp³-hybridized carbons (Fsp3) is 0.417. The molecule has 0 fully saturated rings. The molecule has 5 heteroatoms. The predicted octanol–water partition coefficient (Wildman–Crippen LogP) is 4.20. The lowest BCUT2D eigenvalue weighted by Crippen LogP contribution is -2.35. The molecule has 0 saturated carbocycles. The van der Waals surface area contributed by atoms with Crippen molar-refractivity contribution in [3.8, 4) is 0 Å². The van der Waals surface area contributed by atoms with Gasteiger partial charge in [-0.3, -0.25) is 0 Å². The van der Waals surface area contributed by atoms with E-state index in [4.69, 9.17) is 23.2 Å². The molecule has 0 bridgehead atoms. The first-order chi connectivity index (χ1) is 7.60. The summed E-state index contributed by atoms with van der Waals surface area (Å²) in [5, 5.41) is 1.23. The summed E-state index contributed by atoms with van der Waals surface area (Å²) in [6.45, 7) is 8.26. The Morgan fingerprint density at radius 1 is 1.18 bits per heavy atom. The van der Waals surface area contributed by atoms with Crippen LogP contribution in [0.5, 0.6) is 0 Å². The predicted molar refractivity (Wildman–Crippen MR) is 83.7 cm³/mol. The van der Waals surface area contributed by atoms with Gasteiger partial charge in [0.25, 0.3) is 5.82 Å². The molecule has 0 N–H and O–H groups in total. The van der Waals surface area contributed by atoms with E-state index in [0.29, 0.717) is 10.0 Å². The molecule has 1 aromatic carbocycles. The van der Waals surface area contributed by atoms with Crippen molar-refractivity contribution >= 4 is 58.2 Å². The molecule has 2 rings (SSSR count). The highest BCUT2D eigenvalue weighted by atomic mass is 127. The zero-order valence-electron chi connectivity index (χ0n) is 10.1. The summed E-state index contributed by atoms with van der Waals surface area (Å²) in [6, 6.07) is 3.89. The Hall–Kier alpha value is -0.000000000000000111. The van der Waals surface area contributed by atoms with Crippen LogP contribution in [0.15, 0.2) is 12.1 Å². The first kappa shape index (κ1) is 15.1. The third-order valence-corrected chi connectivity index (χ3v) is 3.73. The van der Waals surface area contributed by atoms with Crippen LogP contribution in [0.1, 0.15) is 19.7 Å². The molecule has 2 nitrogen and oxygen atoms in total. The van der Waals surface area contributed by atoms with E-state index < -0.39 is 0 Å². The average molecular weight is 386 g/mol. The number of nitrogens with zero attached hydrogens (tertiary/aromatic N) is 2. The Bertz CT molecular complexity index is 502. The van der Waals surface area contributed by atoms with E-state index in [1.807, 2.05) is 12.1 Å². The van der Waals surface area contributed by atoms with E-state index >= 15 is 0 Å². The van der Waals surface area contributed by atoms with Crippen LogP contribution in [0.4, 0.5) is 0 Å². The minimum Gasteiger partial charge on any atom is -0.228 e. The van der Waals surface area contributed by atoms with Crippen molar-refractivity contribution in [3.63, 3.8) is 0 Å². The molecule has 0 aliphatic carbocycles. The fourth-order valence-electron chi connectivity index (χ4n) is 2.25. The maximum absolute atomic E-state index is 6.07. The van der Waals surface area contributed by atoms with Gasteiger partial charge in [0.1, 0.15) is 0 Å². The highest BCUT2D eigenvalue weighted by molar-refractivity contribution is 14.0. The van der Waals surface area contributed by atoms with Gasteiger partial charge in [0, 0.05) is 19.1 Å². The van der Waals surface area contributed by atoms with Crippen LogP contribution in [-0.2, 0) is 13.1 Å². The molecule has 0 aliphatic heterocycles. The summed E-state index contributed by atoms with van der Waals surface area (Å²) >= 11 is 12.1. The Morgan fingerprint density at radius 3 is 2.29 bits per heavy atom. The third kappa shape index (κ3) is 2.42. The Balaban J connectivity index is 0.00000144. The molecule has 1 heterocycles. The molecule has 0 spiro atoms.